The second-order valence-electron chi connectivity index (χ2n) is 12.5. The lowest BCUT2D eigenvalue weighted by Crippen LogP contribution is -2.53. The van der Waals surface area contributed by atoms with E-state index >= 15 is 0 Å². The van der Waals surface area contributed by atoms with Crippen LogP contribution in [0.3, 0.4) is 0 Å². The van der Waals surface area contributed by atoms with E-state index in [1.165, 1.54) is 12.5 Å². The highest BCUT2D eigenvalue weighted by atomic mass is 16.6. The summed E-state index contributed by atoms with van der Waals surface area (Å²) in [5.41, 5.74) is -1.95. The zero-order valence-corrected chi connectivity index (χ0v) is 25.5. The van der Waals surface area contributed by atoms with Crippen LogP contribution in [-0.4, -0.2) is 80.2 Å². The van der Waals surface area contributed by atoms with Gasteiger partial charge in [-0.15, -0.1) is 0 Å². The maximum Gasteiger partial charge on any atom is 0.419 e. The molecule has 4 N–H and O–H groups in total. The molecular formula is C27H45N5O9. The van der Waals surface area contributed by atoms with Gasteiger partial charge >= 0.3 is 24.2 Å². The number of amides is 3. The normalized spacial score (nSPS) is 13.4. The van der Waals surface area contributed by atoms with Crippen LogP contribution in [0.25, 0.3) is 0 Å². The van der Waals surface area contributed by atoms with Gasteiger partial charge in [0, 0.05) is 19.2 Å². The van der Waals surface area contributed by atoms with Crippen molar-refractivity contribution < 1.29 is 43.3 Å². The maximum absolute atomic E-state index is 13.2. The summed E-state index contributed by atoms with van der Waals surface area (Å²) in [7, 11) is 0. The number of nitrogens with one attached hydrogen (secondary N) is 3. The van der Waals surface area contributed by atoms with E-state index in [1.807, 2.05) is 0 Å². The van der Waals surface area contributed by atoms with Gasteiger partial charge in [-0.1, -0.05) is 0 Å². The van der Waals surface area contributed by atoms with Gasteiger partial charge in [-0.2, -0.15) is 0 Å². The number of hydrogen-bond acceptors (Lipinski definition) is 9. The summed E-state index contributed by atoms with van der Waals surface area (Å²) in [4.78, 5) is 65.7. The quantitative estimate of drug-likeness (QED) is 0.222. The standard InChI is InChI=1S/C27H45N5O9/c1-25(2,3)39-22(36)28-13-11-10-12-18(21(34)35)30-20(33)19(31-23(37)40-26(4,5)6)14-17-15-32(16-29-17)24(38)41-27(7,8)9/h15-16,18-19H,10-14H2,1-9H3,(H,28,36)(H,30,33)(H,31,37)(H,34,35)/t18-,19-/m0/s1. The van der Waals surface area contributed by atoms with Crippen molar-refractivity contribution in [1.82, 2.24) is 25.5 Å². The van der Waals surface area contributed by atoms with E-state index in [2.05, 4.69) is 20.9 Å². The molecule has 0 saturated carbocycles. The van der Waals surface area contributed by atoms with Crippen LogP contribution in [0, 0.1) is 0 Å². The fourth-order valence-corrected chi connectivity index (χ4v) is 3.26. The van der Waals surface area contributed by atoms with Gasteiger partial charge in [-0.05, 0) is 81.6 Å². The van der Waals surface area contributed by atoms with Gasteiger partial charge < -0.3 is 35.3 Å². The van der Waals surface area contributed by atoms with Gasteiger partial charge in [0.1, 0.15) is 35.2 Å². The van der Waals surface area contributed by atoms with Gasteiger partial charge in [-0.25, -0.2) is 28.7 Å². The predicted octanol–water partition coefficient (Wildman–Crippen LogP) is 3.37. The summed E-state index contributed by atoms with van der Waals surface area (Å²) in [5.74, 6) is -2.04. The molecule has 3 amide bonds. The molecule has 0 aliphatic heterocycles. The van der Waals surface area contributed by atoms with E-state index in [0.29, 0.717) is 12.8 Å². The number of imidazole rings is 1. The first-order valence-electron chi connectivity index (χ1n) is 13.4. The van der Waals surface area contributed by atoms with E-state index in [4.69, 9.17) is 14.2 Å². The second kappa shape index (κ2) is 14.7. The number of carboxylic acid groups (broad SMARTS) is 1. The molecule has 0 bridgehead atoms. The Bertz CT molecular complexity index is 1060. The van der Waals surface area contributed by atoms with Gasteiger partial charge in [-0.3, -0.25) is 4.79 Å². The number of nitrogens with zero attached hydrogens (tertiary/aromatic N) is 2. The summed E-state index contributed by atoms with van der Waals surface area (Å²) in [6, 6.07) is -2.52. The highest BCUT2D eigenvalue weighted by Crippen LogP contribution is 2.12. The van der Waals surface area contributed by atoms with Crippen molar-refractivity contribution in [2.75, 3.05) is 6.54 Å². The molecule has 0 radical (unpaired) electrons. The minimum Gasteiger partial charge on any atom is -0.480 e. The van der Waals surface area contributed by atoms with Crippen molar-refractivity contribution in [2.45, 2.75) is 117 Å². The molecular weight excluding hydrogens is 538 g/mol. The van der Waals surface area contributed by atoms with Gasteiger partial charge in [0.2, 0.25) is 5.91 Å². The molecule has 0 aliphatic rings. The molecule has 0 spiro atoms. The first-order valence-corrected chi connectivity index (χ1v) is 13.4. The second-order valence-corrected chi connectivity index (χ2v) is 12.5. The molecule has 41 heavy (non-hydrogen) atoms. The summed E-state index contributed by atoms with van der Waals surface area (Å²) in [6.07, 6.45) is 1.17. The van der Waals surface area contributed by atoms with Crippen LogP contribution >= 0.6 is 0 Å². The zero-order chi connectivity index (χ0) is 31.6. The lowest BCUT2D eigenvalue weighted by molar-refractivity contribution is -0.142. The SMILES string of the molecule is CC(C)(C)OC(=O)NCCCC[C@H](NC(=O)[C@H](Cc1cn(C(=O)OC(C)(C)C)cn1)NC(=O)OC(C)(C)C)C(=O)O. The van der Waals surface area contributed by atoms with Crippen LogP contribution in [0.5, 0.6) is 0 Å². The number of carbonyl (C=O) groups excluding carboxylic acids is 4. The van der Waals surface area contributed by atoms with E-state index in [-0.39, 0.29) is 25.1 Å². The monoisotopic (exact) mass is 583 g/mol. The first-order chi connectivity index (χ1) is 18.6. The molecule has 0 aliphatic carbocycles. The number of aromatic nitrogens is 2. The average molecular weight is 584 g/mol. The molecule has 0 unspecified atom stereocenters. The zero-order valence-electron chi connectivity index (χ0n) is 25.5. The number of hydrogen-bond donors (Lipinski definition) is 4. The summed E-state index contributed by atoms with van der Waals surface area (Å²) < 4.78 is 16.8. The lowest BCUT2D eigenvalue weighted by Gasteiger charge is -2.24. The third-order valence-electron chi connectivity index (χ3n) is 4.86. The Labute approximate surface area is 240 Å². The number of rotatable bonds is 11. The van der Waals surface area contributed by atoms with Gasteiger partial charge in [0.15, 0.2) is 0 Å². The fraction of sp³-hybridized carbons (Fsp3) is 0.704. The van der Waals surface area contributed by atoms with Crippen LogP contribution in [0.2, 0.25) is 0 Å². The Balaban J connectivity index is 2.89. The molecule has 0 aromatic carbocycles. The molecule has 1 rings (SSSR count). The lowest BCUT2D eigenvalue weighted by atomic mass is 10.1. The van der Waals surface area contributed by atoms with Crippen molar-refractivity contribution in [3.63, 3.8) is 0 Å². The summed E-state index contributed by atoms with van der Waals surface area (Å²) >= 11 is 0. The molecule has 1 aromatic heterocycles. The highest BCUT2D eigenvalue weighted by Gasteiger charge is 2.29. The van der Waals surface area contributed by atoms with Gasteiger partial charge in [0.25, 0.3) is 0 Å². The minimum atomic E-state index is -1.26. The van der Waals surface area contributed by atoms with Gasteiger partial charge in [0.05, 0.1) is 5.69 Å². The molecule has 14 nitrogen and oxygen atoms in total. The van der Waals surface area contributed by atoms with Crippen LogP contribution < -0.4 is 16.0 Å². The van der Waals surface area contributed by atoms with Crippen molar-refractivity contribution >= 4 is 30.2 Å². The molecule has 14 heteroatoms. The first kappa shape index (κ1) is 35.2. The Morgan fingerprint density at radius 2 is 1.39 bits per heavy atom. The average Bonchev–Trinajstić information content (AvgIpc) is 3.22. The van der Waals surface area contributed by atoms with Crippen LogP contribution in [0.4, 0.5) is 14.4 Å². The summed E-state index contributed by atoms with van der Waals surface area (Å²) in [5, 5.41) is 17.2. The molecule has 0 saturated heterocycles. The largest absolute Gasteiger partial charge is 0.480 e. The van der Waals surface area contributed by atoms with E-state index in [1.54, 1.807) is 62.3 Å². The van der Waals surface area contributed by atoms with Crippen molar-refractivity contribution in [3.8, 4) is 0 Å². The van der Waals surface area contributed by atoms with E-state index in [9.17, 15) is 29.1 Å². The number of unbranched alkanes of at least 4 members (excludes halogenated alkanes) is 1. The Hall–Kier alpha value is -3.84. The molecule has 2 atom stereocenters. The maximum atomic E-state index is 13.2. The van der Waals surface area contributed by atoms with Crippen LogP contribution in [0.15, 0.2) is 12.5 Å². The van der Waals surface area contributed by atoms with Crippen molar-refractivity contribution in [1.29, 1.82) is 0 Å². The van der Waals surface area contributed by atoms with E-state index < -0.39 is 59.0 Å². The van der Waals surface area contributed by atoms with Crippen LogP contribution in [0.1, 0.15) is 87.3 Å². The number of carboxylic acids is 1. The molecule has 1 heterocycles. The topological polar surface area (TPSA) is 187 Å². The Morgan fingerprint density at radius 3 is 1.93 bits per heavy atom. The Kier molecular flexibility index (Phi) is 12.6. The molecule has 0 fully saturated rings. The van der Waals surface area contributed by atoms with Crippen LogP contribution in [-0.2, 0) is 30.2 Å². The highest BCUT2D eigenvalue weighted by molar-refractivity contribution is 5.89. The molecule has 1 aromatic rings. The van der Waals surface area contributed by atoms with Crippen molar-refractivity contribution in [2.24, 2.45) is 0 Å². The minimum absolute atomic E-state index is 0.0729. The number of carbonyl (C=O) groups is 5. The number of alkyl carbamates (subject to hydrolysis) is 2. The number of ether oxygens (including phenoxy) is 3. The Morgan fingerprint density at radius 1 is 0.829 bits per heavy atom. The van der Waals surface area contributed by atoms with Crippen molar-refractivity contribution in [3.05, 3.63) is 18.2 Å². The third-order valence-corrected chi connectivity index (χ3v) is 4.86. The predicted molar refractivity (Wildman–Crippen MR) is 148 cm³/mol. The number of aliphatic carboxylic acids is 1. The molecule has 232 valence electrons. The fourth-order valence-electron chi connectivity index (χ4n) is 3.26. The summed E-state index contributed by atoms with van der Waals surface area (Å²) in [6.45, 7) is 15.6. The van der Waals surface area contributed by atoms with E-state index in [0.717, 1.165) is 4.57 Å². The smallest absolute Gasteiger partial charge is 0.419 e. The third kappa shape index (κ3) is 15.5.